The Morgan fingerprint density at radius 1 is 1.59 bits per heavy atom. The summed E-state index contributed by atoms with van der Waals surface area (Å²) in [6.07, 6.45) is 5.81. The highest BCUT2D eigenvalue weighted by Crippen LogP contribution is 2.25. The zero-order chi connectivity index (χ0) is 12.3. The summed E-state index contributed by atoms with van der Waals surface area (Å²) >= 11 is 0. The fraction of sp³-hybridized carbons (Fsp3) is 0.538. The summed E-state index contributed by atoms with van der Waals surface area (Å²) in [4.78, 5) is 14.0. The monoisotopic (exact) mass is 232 g/mol. The van der Waals surface area contributed by atoms with E-state index in [4.69, 9.17) is 9.68 Å². The molecular weight excluding hydrogens is 216 g/mol. The van der Waals surface area contributed by atoms with Crippen molar-refractivity contribution in [1.82, 2.24) is 4.90 Å². The third kappa shape index (κ3) is 2.33. The van der Waals surface area contributed by atoms with Crippen molar-refractivity contribution in [3.05, 3.63) is 23.7 Å². The Balaban J connectivity index is 2.19. The zero-order valence-corrected chi connectivity index (χ0v) is 9.98. The van der Waals surface area contributed by atoms with Gasteiger partial charge >= 0.3 is 0 Å². The molecule has 0 bridgehead atoms. The van der Waals surface area contributed by atoms with Crippen LogP contribution in [0.15, 0.2) is 16.7 Å². The number of carbonyl (C=O) groups is 1. The number of nitrogens with zero attached hydrogens (tertiary/aromatic N) is 2. The number of hydrogen-bond donors (Lipinski definition) is 0. The first-order chi connectivity index (χ1) is 8.24. The Kier molecular flexibility index (Phi) is 3.48. The van der Waals surface area contributed by atoms with Crippen LogP contribution in [0.4, 0.5) is 0 Å². The lowest BCUT2D eigenvalue weighted by atomic mass is 10.1. The number of hydrogen-bond acceptors (Lipinski definition) is 3. The van der Waals surface area contributed by atoms with Gasteiger partial charge in [-0.05, 0) is 25.8 Å². The number of furan rings is 1. The predicted octanol–water partition coefficient (Wildman–Crippen LogP) is 2.50. The summed E-state index contributed by atoms with van der Waals surface area (Å²) in [5, 5.41) is 8.85. The van der Waals surface area contributed by atoms with E-state index in [-0.39, 0.29) is 18.5 Å². The maximum atomic E-state index is 12.3. The number of nitriles is 1. The topological polar surface area (TPSA) is 57.2 Å². The van der Waals surface area contributed by atoms with E-state index in [0.717, 1.165) is 25.7 Å². The Morgan fingerprint density at radius 2 is 2.29 bits per heavy atom. The average molecular weight is 232 g/mol. The Morgan fingerprint density at radius 3 is 2.82 bits per heavy atom. The predicted molar refractivity (Wildman–Crippen MR) is 62.4 cm³/mol. The van der Waals surface area contributed by atoms with E-state index in [0.29, 0.717) is 11.3 Å². The Hall–Kier alpha value is -1.76. The van der Waals surface area contributed by atoms with Crippen LogP contribution in [0.2, 0.25) is 0 Å². The Labute approximate surface area is 101 Å². The van der Waals surface area contributed by atoms with Crippen LogP contribution >= 0.6 is 0 Å². The molecule has 90 valence electrons. The summed E-state index contributed by atoms with van der Waals surface area (Å²) < 4.78 is 5.15. The van der Waals surface area contributed by atoms with Crippen LogP contribution in [-0.2, 0) is 0 Å². The summed E-state index contributed by atoms with van der Waals surface area (Å²) in [6, 6.07) is 3.98. The molecule has 17 heavy (non-hydrogen) atoms. The van der Waals surface area contributed by atoms with Gasteiger partial charge in [-0.25, -0.2) is 0 Å². The summed E-state index contributed by atoms with van der Waals surface area (Å²) in [5.41, 5.74) is 0.576. The number of aryl methyl sites for hydroxylation is 1. The molecule has 0 saturated heterocycles. The SMILES string of the molecule is Cc1occc1C(=O)N(CC#N)C1CCCC1. The second kappa shape index (κ2) is 5.05. The highest BCUT2D eigenvalue weighted by atomic mass is 16.3. The molecule has 1 heterocycles. The smallest absolute Gasteiger partial charge is 0.258 e. The van der Waals surface area contributed by atoms with E-state index >= 15 is 0 Å². The van der Waals surface area contributed by atoms with Gasteiger partial charge in [-0.1, -0.05) is 12.8 Å². The van der Waals surface area contributed by atoms with Crippen molar-refractivity contribution in [2.24, 2.45) is 0 Å². The second-order valence-electron chi connectivity index (χ2n) is 4.42. The van der Waals surface area contributed by atoms with Crippen LogP contribution in [0.3, 0.4) is 0 Å². The molecule has 1 aromatic rings. The van der Waals surface area contributed by atoms with Gasteiger partial charge < -0.3 is 9.32 Å². The second-order valence-corrected chi connectivity index (χ2v) is 4.42. The summed E-state index contributed by atoms with van der Waals surface area (Å²) in [7, 11) is 0. The lowest BCUT2D eigenvalue weighted by molar-refractivity contribution is 0.0707. The maximum Gasteiger partial charge on any atom is 0.258 e. The molecule has 4 nitrogen and oxygen atoms in total. The lowest BCUT2D eigenvalue weighted by Crippen LogP contribution is -2.39. The molecule has 0 unspecified atom stereocenters. The molecule has 1 amide bonds. The molecular formula is C13H16N2O2. The van der Waals surface area contributed by atoms with Crippen molar-refractivity contribution in [3.8, 4) is 6.07 Å². The van der Waals surface area contributed by atoms with Crippen LogP contribution in [0.25, 0.3) is 0 Å². The minimum absolute atomic E-state index is 0.0790. The minimum Gasteiger partial charge on any atom is -0.469 e. The van der Waals surface area contributed by atoms with Gasteiger partial charge in [0, 0.05) is 6.04 Å². The van der Waals surface area contributed by atoms with E-state index in [9.17, 15) is 4.79 Å². The van der Waals surface area contributed by atoms with Crippen LogP contribution in [0.5, 0.6) is 0 Å². The van der Waals surface area contributed by atoms with E-state index in [1.807, 2.05) is 0 Å². The summed E-state index contributed by atoms with van der Waals surface area (Å²) in [6.45, 7) is 1.93. The van der Waals surface area contributed by atoms with Gasteiger partial charge in [-0.3, -0.25) is 4.79 Å². The lowest BCUT2D eigenvalue weighted by Gasteiger charge is -2.26. The molecule has 0 aliphatic heterocycles. The number of carbonyl (C=O) groups excluding carboxylic acids is 1. The minimum atomic E-state index is -0.0790. The molecule has 0 aromatic carbocycles. The molecule has 0 atom stereocenters. The quantitative estimate of drug-likeness (QED) is 0.752. The standard InChI is InChI=1S/C13H16N2O2/c1-10-12(6-9-17-10)13(16)15(8-7-14)11-4-2-3-5-11/h6,9,11H,2-5,8H2,1H3. The van der Waals surface area contributed by atoms with Gasteiger partial charge in [0.25, 0.3) is 5.91 Å². The fourth-order valence-electron chi connectivity index (χ4n) is 2.42. The molecule has 1 aromatic heterocycles. The molecule has 1 aliphatic carbocycles. The molecule has 0 radical (unpaired) electrons. The van der Waals surface area contributed by atoms with E-state index in [1.165, 1.54) is 6.26 Å². The molecule has 2 rings (SSSR count). The normalized spacial score (nSPS) is 15.8. The molecule has 1 saturated carbocycles. The van der Waals surface area contributed by atoms with E-state index in [1.54, 1.807) is 17.9 Å². The van der Waals surface area contributed by atoms with E-state index in [2.05, 4.69) is 6.07 Å². The van der Waals surface area contributed by atoms with Crippen LogP contribution in [0, 0.1) is 18.3 Å². The average Bonchev–Trinajstić information content (AvgIpc) is 2.95. The molecule has 1 fully saturated rings. The van der Waals surface area contributed by atoms with Gasteiger partial charge in [0.2, 0.25) is 0 Å². The molecule has 0 spiro atoms. The van der Waals surface area contributed by atoms with Crippen molar-refractivity contribution < 1.29 is 9.21 Å². The van der Waals surface area contributed by atoms with E-state index < -0.39 is 0 Å². The van der Waals surface area contributed by atoms with Crippen LogP contribution in [0.1, 0.15) is 41.8 Å². The molecule has 1 aliphatic rings. The third-order valence-corrected chi connectivity index (χ3v) is 3.36. The summed E-state index contributed by atoms with van der Waals surface area (Å²) in [5.74, 6) is 0.542. The van der Waals surface area contributed by atoms with Crippen molar-refractivity contribution >= 4 is 5.91 Å². The van der Waals surface area contributed by atoms with Crippen LogP contribution < -0.4 is 0 Å². The first-order valence-electron chi connectivity index (χ1n) is 5.96. The third-order valence-electron chi connectivity index (χ3n) is 3.36. The van der Waals surface area contributed by atoms with Gasteiger partial charge in [0.15, 0.2) is 0 Å². The Bertz CT molecular complexity index is 439. The highest BCUT2D eigenvalue weighted by Gasteiger charge is 2.28. The first-order valence-corrected chi connectivity index (χ1v) is 5.96. The molecule has 0 N–H and O–H groups in total. The zero-order valence-electron chi connectivity index (χ0n) is 9.98. The van der Waals surface area contributed by atoms with Gasteiger partial charge in [-0.2, -0.15) is 5.26 Å². The van der Waals surface area contributed by atoms with Gasteiger partial charge in [0.1, 0.15) is 12.3 Å². The number of rotatable bonds is 3. The van der Waals surface area contributed by atoms with Crippen molar-refractivity contribution in [1.29, 1.82) is 5.26 Å². The van der Waals surface area contributed by atoms with Crippen LogP contribution in [-0.4, -0.2) is 23.4 Å². The molecule has 4 heteroatoms. The maximum absolute atomic E-state index is 12.3. The van der Waals surface area contributed by atoms with Crippen molar-refractivity contribution in [2.45, 2.75) is 38.6 Å². The largest absolute Gasteiger partial charge is 0.469 e. The van der Waals surface area contributed by atoms with Crippen molar-refractivity contribution in [2.75, 3.05) is 6.54 Å². The van der Waals surface area contributed by atoms with Crippen molar-refractivity contribution in [3.63, 3.8) is 0 Å². The highest BCUT2D eigenvalue weighted by molar-refractivity contribution is 5.95. The first kappa shape index (κ1) is 11.7. The fourth-order valence-corrected chi connectivity index (χ4v) is 2.42. The van der Waals surface area contributed by atoms with Gasteiger partial charge in [0.05, 0.1) is 17.9 Å². The van der Waals surface area contributed by atoms with Gasteiger partial charge in [-0.15, -0.1) is 0 Å². The number of amides is 1.